The van der Waals surface area contributed by atoms with Crippen LogP contribution in [0.15, 0.2) is 30.3 Å². The molecule has 5 nitrogen and oxygen atoms in total. The van der Waals surface area contributed by atoms with Gasteiger partial charge < -0.3 is 9.80 Å². The number of ketones is 1. The Morgan fingerprint density at radius 3 is 2.46 bits per heavy atom. The van der Waals surface area contributed by atoms with Gasteiger partial charge in [-0.05, 0) is 37.3 Å². The van der Waals surface area contributed by atoms with Gasteiger partial charge in [0.05, 0.1) is 23.1 Å². The zero-order chi connectivity index (χ0) is 20.3. The number of hydrogen-bond donors (Lipinski definition) is 0. The Hall–Kier alpha value is -1.96. The first-order chi connectivity index (χ1) is 13.3. The summed E-state index contributed by atoms with van der Waals surface area (Å²) < 4.78 is 15.1. The smallest absolute Gasteiger partial charge is 0.236 e. The summed E-state index contributed by atoms with van der Waals surface area (Å²) in [6.45, 7) is 4.94. The maximum Gasteiger partial charge on any atom is 0.236 e. The molecule has 1 aliphatic rings. The van der Waals surface area contributed by atoms with Gasteiger partial charge in [0.2, 0.25) is 5.91 Å². The first-order valence-electron chi connectivity index (χ1n) is 9.09. The lowest BCUT2D eigenvalue weighted by atomic mass is 10.1. The summed E-state index contributed by atoms with van der Waals surface area (Å²) in [7, 11) is 1.79. The number of rotatable bonds is 6. The Labute approximate surface area is 173 Å². The number of carbonyl (C=O) groups excluding carboxylic acids is 2. The van der Waals surface area contributed by atoms with E-state index in [0.717, 1.165) is 9.21 Å². The second-order valence-corrected chi connectivity index (χ2v) is 8.74. The summed E-state index contributed by atoms with van der Waals surface area (Å²) in [5.74, 6) is -0.482. The van der Waals surface area contributed by atoms with Crippen molar-refractivity contribution >= 4 is 40.3 Å². The lowest BCUT2D eigenvalue weighted by molar-refractivity contribution is -0.131. The topological polar surface area (TPSA) is 43.9 Å². The standard InChI is InChI=1S/C20H23ClFN3O2S/c1-14(26)15-3-5-18(17(22)11-15)25-9-7-24(8-10-25)13-20(27)23(2)12-16-4-6-19(21)28-16/h3-6,11H,7-10,12-13H2,1-2H3. The normalized spacial score (nSPS) is 14.9. The fourth-order valence-electron chi connectivity index (χ4n) is 3.20. The number of amides is 1. The fourth-order valence-corrected chi connectivity index (χ4v) is 4.34. The van der Waals surface area contributed by atoms with Gasteiger partial charge in [0.25, 0.3) is 0 Å². The van der Waals surface area contributed by atoms with Gasteiger partial charge in [-0.1, -0.05) is 11.6 Å². The molecule has 1 aromatic heterocycles. The summed E-state index contributed by atoms with van der Waals surface area (Å²) in [4.78, 5) is 30.6. The van der Waals surface area contributed by atoms with Crippen molar-refractivity contribution in [3.63, 3.8) is 0 Å². The SMILES string of the molecule is CC(=O)c1ccc(N2CCN(CC(=O)N(C)Cc3ccc(Cl)s3)CC2)c(F)c1. The number of Topliss-reactive ketones (excluding diaryl/α,β-unsaturated/α-hetero) is 1. The maximum atomic E-state index is 14.3. The number of nitrogens with zero attached hydrogens (tertiary/aromatic N) is 3. The molecule has 150 valence electrons. The lowest BCUT2D eigenvalue weighted by Gasteiger charge is -2.36. The Morgan fingerprint density at radius 2 is 1.89 bits per heavy atom. The van der Waals surface area contributed by atoms with E-state index in [4.69, 9.17) is 11.6 Å². The molecule has 8 heteroatoms. The molecule has 2 heterocycles. The van der Waals surface area contributed by atoms with Crippen LogP contribution in [0.3, 0.4) is 0 Å². The lowest BCUT2D eigenvalue weighted by Crippen LogP contribution is -2.49. The molecule has 1 aromatic carbocycles. The molecule has 0 aliphatic carbocycles. The van der Waals surface area contributed by atoms with Gasteiger partial charge in [0.1, 0.15) is 5.82 Å². The van der Waals surface area contributed by atoms with E-state index < -0.39 is 0 Å². The van der Waals surface area contributed by atoms with Crippen molar-refractivity contribution in [1.29, 1.82) is 0 Å². The van der Waals surface area contributed by atoms with Gasteiger partial charge in [-0.15, -0.1) is 11.3 Å². The highest BCUT2D eigenvalue weighted by atomic mass is 35.5. The number of hydrogen-bond acceptors (Lipinski definition) is 5. The summed E-state index contributed by atoms with van der Waals surface area (Å²) in [5, 5.41) is 0. The quantitative estimate of drug-likeness (QED) is 0.667. The molecule has 1 aliphatic heterocycles. The largest absolute Gasteiger partial charge is 0.367 e. The van der Waals surface area contributed by atoms with Gasteiger partial charge in [-0.3, -0.25) is 14.5 Å². The first kappa shape index (κ1) is 20.8. The van der Waals surface area contributed by atoms with Crippen LogP contribution in [0.1, 0.15) is 22.2 Å². The van der Waals surface area contributed by atoms with Crippen LogP contribution in [0, 0.1) is 5.82 Å². The minimum Gasteiger partial charge on any atom is -0.367 e. The molecule has 28 heavy (non-hydrogen) atoms. The Bertz CT molecular complexity index is 865. The molecule has 0 spiro atoms. The van der Waals surface area contributed by atoms with Gasteiger partial charge in [0, 0.05) is 43.7 Å². The molecule has 1 fully saturated rings. The maximum absolute atomic E-state index is 14.3. The van der Waals surface area contributed by atoms with Crippen molar-refractivity contribution in [3.8, 4) is 0 Å². The van der Waals surface area contributed by atoms with Crippen LogP contribution in [0.4, 0.5) is 10.1 Å². The molecule has 0 unspecified atom stereocenters. The van der Waals surface area contributed by atoms with E-state index in [-0.39, 0.29) is 17.5 Å². The van der Waals surface area contributed by atoms with E-state index >= 15 is 0 Å². The van der Waals surface area contributed by atoms with Crippen LogP contribution in [-0.4, -0.2) is 61.3 Å². The summed E-state index contributed by atoms with van der Waals surface area (Å²) in [6, 6.07) is 8.37. The van der Waals surface area contributed by atoms with Gasteiger partial charge >= 0.3 is 0 Å². The second kappa shape index (κ2) is 9.03. The number of likely N-dealkylation sites (N-methyl/N-ethyl adjacent to an activating group) is 1. The molecule has 0 N–H and O–H groups in total. The number of piperazine rings is 1. The van der Waals surface area contributed by atoms with Crippen LogP contribution in [0.5, 0.6) is 0 Å². The van der Waals surface area contributed by atoms with E-state index in [1.165, 1.54) is 24.3 Å². The van der Waals surface area contributed by atoms with Crippen LogP contribution < -0.4 is 4.90 Å². The second-order valence-electron chi connectivity index (χ2n) is 6.94. The molecular weight excluding hydrogens is 401 g/mol. The molecule has 1 saturated heterocycles. The molecule has 3 rings (SSSR count). The third-order valence-corrected chi connectivity index (χ3v) is 6.09. The number of benzene rings is 1. The third kappa shape index (κ3) is 5.10. The predicted molar refractivity (Wildman–Crippen MR) is 111 cm³/mol. The minimum atomic E-state index is -0.383. The molecule has 0 radical (unpaired) electrons. The number of thiophene rings is 1. The zero-order valence-electron chi connectivity index (χ0n) is 16.0. The highest BCUT2D eigenvalue weighted by Crippen LogP contribution is 2.23. The molecular formula is C20H23ClFN3O2S. The third-order valence-electron chi connectivity index (χ3n) is 4.87. The molecule has 0 saturated carbocycles. The highest BCUT2D eigenvalue weighted by Gasteiger charge is 2.22. The van der Waals surface area contributed by atoms with E-state index in [9.17, 15) is 14.0 Å². The van der Waals surface area contributed by atoms with Crippen molar-refractivity contribution in [1.82, 2.24) is 9.80 Å². The van der Waals surface area contributed by atoms with Crippen molar-refractivity contribution < 1.29 is 14.0 Å². The van der Waals surface area contributed by atoms with Gasteiger partial charge in [-0.25, -0.2) is 4.39 Å². The minimum absolute atomic E-state index is 0.0509. The molecule has 1 amide bonds. The van der Waals surface area contributed by atoms with E-state index in [2.05, 4.69) is 4.90 Å². The van der Waals surface area contributed by atoms with Crippen LogP contribution in [0.2, 0.25) is 4.34 Å². The van der Waals surface area contributed by atoms with Crippen molar-refractivity contribution in [2.24, 2.45) is 0 Å². The molecule has 2 aromatic rings. The van der Waals surface area contributed by atoms with E-state index in [1.54, 1.807) is 24.1 Å². The average Bonchev–Trinajstić information content (AvgIpc) is 3.07. The Kier molecular flexibility index (Phi) is 6.69. The zero-order valence-corrected chi connectivity index (χ0v) is 17.5. The van der Waals surface area contributed by atoms with E-state index in [0.29, 0.717) is 50.5 Å². The van der Waals surface area contributed by atoms with Crippen molar-refractivity contribution in [2.75, 3.05) is 44.7 Å². The fraction of sp³-hybridized carbons (Fsp3) is 0.400. The number of halogens is 2. The predicted octanol–water partition coefficient (Wildman–Crippen LogP) is 3.52. The monoisotopic (exact) mass is 423 g/mol. The summed E-state index contributed by atoms with van der Waals surface area (Å²) in [6.07, 6.45) is 0. The van der Waals surface area contributed by atoms with Crippen LogP contribution in [0.25, 0.3) is 0 Å². The van der Waals surface area contributed by atoms with Crippen molar-refractivity contribution in [2.45, 2.75) is 13.5 Å². The summed E-state index contributed by atoms with van der Waals surface area (Å²) >= 11 is 7.41. The Balaban J connectivity index is 1.51. The van der Waals surface area contributed by atoms with Crippen LogP contribution >= 0.6 is 22.9 Å². The highest BCUT2D eigenvalue weighted by molar-refractivity contribution is 7.16. The number of carbonyl (C=O) groups is 2. The van der Waals surface area contributed by atoms with Gasteiger partial charge in [0.15, 0.2) is 5.78 Å². The Morgan fingerprint density at radius 1 is 1.18 bits per heavy atom. The first-order valence-corrected chi connectivity index (χ1v) is 10.3. The van der Waals surface area contributed by atoms with Crippen molar-refractivity contribution in [3.05, 3.63) is 50.9 Å². The van der Waals surface area contributed by atoms with Gasteiger partial charge in [-0.2, -0.15) is 0 Å². The number of anilines is 1. The molecule has 0 bridgehead atoms. The molecule has 0 atom stereocenters. The average molecular weight is 424 g/mol. The summed E-state index contributed by atoms with van der Waals surface area (Å²) in [5.41, 5.74) is 0.878. The van der Waals surface area contributed by atoms with Crippen LogP contribution in [-0.2, 0) is 11.3 Å². The van der Waals surface area contributed by atoms with E-state index in [1.807, 2.05) is 17.0 Å².